The summed E-state index contributed by atoms with van der Waals surface area (Å²) >= 11 is 0. The Kier molecular flexibility index (Phi) is 6.03. The molecule has 4 N–H and O–H groups in total. The number of carbonyl (C=O) groups is 1. The predicted molar refractivity (Wildman–Crippen MR) is 127 cm³/mol. The largest absolute Gasteiger partial charge is 0.397 e. The Morgan fingerprint density at radius 3 is 2.73 bits per heavy atom. The lowest BCUT2D eigenvalue weighted by molar-refractivity contribution is 0.102. The highest BCUT2D eigenvalue weighted by Gasteiger charge is 2.14. The van der Waals surface area contributed by atoms with Gasteiger partial charge in [-0.25, -0.2) is 19.3 Å². The van der Waals surface area contributed by atoms with E-state index in [0.29, 0.717) is 17.2 Å². The van der Waals surface area contributed by atoms with Crippen LogP contribution in [0.1, 0.15) is 36.1 Å². The Bertz CT molecular complexity index is 1320. The maximum absolute atomic E-state index is 13.5. The van der Waals surface area contributed by atoms with Gasteiger partial charge in [0, 0.05) is 23.5 Å². The van der Waals surface area contributed by atoms with Crippen LogP contribution in [0.5, 0.6) is 0 Å². The SMILES string of the molecule is Cc1ncc(-c2ccnc(Nc3cccc(C(=O)Nc4cc(F)ccc4N)c3)n2)n1C(C)C. The van der Waals surface area contributed by atoms with Crippen LogP contribution in [0.3, 0.4) is 0 Å². The molecule has 8 nitrogen and oxygen atoms in total. The second-order valence-corrected chi connectivity index (χ2v) is 7.81. The van der Waals surface area contributed by atoms with E-state index >= 15 is 0 Å². The number of aromatic nitrogens is 4. The number of imidazole rings is 1. The highest BCUT2D eigenvalue weighted by atomic mass is 19.1. The molecule has 0 atom stereocenters. The Morgan fingerprint density at radius 2 is 1.94 bits per heavy atom. The third kappa shape index (κ3) is 4.82. The fraction of sp³-hybridized carbons (Fsp3) is 0.167. The Hall–Kier alpha value is -4.27. The van der Waals surface area contributed by atoms with E-state index in [2.05, 4.69) is 44.0 Å². The van der Waals surface area contributed by atoms with E-state index in [-0.39, 0.29) is 17.4 Å². The molecule has 2 heterocycles. The van der Waals surface area contributed by atoms with Crippen LogP contribution >= 0.6 is 0 Å². The number of anilines is 4. The van der Waals surface area contributed by atoms with Crippen molar-refractivity contribution in [2.45, 2.75) is 26.8 Å². The van der Waals surface area contributed by atoms with Crippen molar-refractivity contribution in [1.29, 1.82) is 0 Å². The summed E-state index contributed by atoms with van der Waals surface area (Å²) < 4.78 is 15.6. The number of amides is 1. The van der Waals surface area contributed by atoms with Gasteiger partial charge in [0.05, 0.1) is 29.0 Å². The predicted octanol–water partition coefficient (Wildman–Crippen LogP) is 4.95. The van der Waals surface area contributed by atoms with Crippen LogP contribution in [0, 0.1) is 12.7 Å². The summed E-state index contributed by atoms with van der Waals surface area (Å²) in [5.41, 5.74) is 8.94. The molecule has 33 heavy (non-hydrogen) atoms. The number of rotatable bonds is 6. The van der Waals surface area contributed by atoms with Crippen LogP contribution in [-0.4, -0.2) is 25.4 Å². The fourth-order valence-corrected chi connectivity index (χ4v) is 3.55. The second kappa shape index (κ2) is 9.07. The molecule has 0 bridgehead atoms. The molecule has 0 saturated carbocycles. The van der Waals surface area contributed by atoms with Crippen LogP contribution in [0.25, 0.3) is 11.4 Å². The minimum atomic E-state index is -0.485. The van der Waals surface area contributed by atoms with Gasteiger partial charge in [0.2, 0.25) is 5.95 Å². The molecule has 0 fully saturated rings. The van der Waals surface area contributed by atoms with Crippen molar-refractivity contribution in [3.8, 4) is 11.4 Å². The van der Waals surface area contributed by atoms with E-state index in [0.717, 1.165) is 17.2 Å². The number of nitrogens with zero attached hydrogens (tertiary/aromatic N) is 4. The molecule has 2 aromatic heterocycles. The van der Waals surface area contributed by atoms with Gasteiger partial charge < -0.3 is 20.9 Å². The standard InChI is InChI=1S/C24H24FN7O/c1-14(2)32-15(3)28-13-22(32)20-9-10-27-24(31-20)29-18-6-4-5-16(11-18)23(33)30-21-12-17(25)7-8-19(21)26/h4-14H,26H2,1-3H3,(H,30,33)(H,27,29,31). The maximum atomic E-state index is 13.5. The van der Waals surface area contributed by atoms with Gasteiger partial charge in [-0.1, -0.05) is 6.07 Å². The number of hydrogen-bond donors (Lipinski definition) is 3. The van der Waals surface area contributed by atoms with Crippen LogP contribution < -0.4 is 16.4 Å². The van der Waals surface area contributed by atoms with Gasteiger partial charge in [0.25, 0.3) is 5.91 Å². The van der Waals surface area contributed by atoms with E-state index in [4.69, 9.17) is 5.73 Å². The number of nitrogen functional groups attached to an aromatic ring is 1. The number of halogens is 1. The quantitative estimate of drug-likeness (QED) is 0.362. The normalized spacial score (nSPS) is 10.9. The van der Waals surface area contributed by atoms with E-state index in [1.807, 2.05) is 13.0 Å². The van der Waals surface area contributed by atoms with Gasteiger partial charge >= 0.3 is 0 Å². The molecule has 0 aliphatic carbocycles. The highest BCUT2D eigenvalue weighted by Crippen LogP contribution is 2.25. The molecule has 0 saturated heterocycles. The number of benzene rings is 2. The summed E-state index contributed by atoms with van der Waals surface area (Å²) in [6.45, 7) is 6.14. The molecule has 4 aromatic rings. The van der Waals surface area contributed by atoms with Crippen molar-refractivity contribution in [2.24, 2.45) is 0 Å². The van der Waals surface area contributed by atoms with Crippen LogP contribution in [0.15, 0.2) is 60.9 Å². The van der Waals surface area contributed by atoms with Crippen molar-refractivity contribution in [3.05, 3.63) is 78.1 Å². The molecule has 0 spiro atoms. The van der Waals surface area contributed by atoms with E-state index in [1.165, 1.54) is 18.2 Å². The van der Waals surface area contributed by atoms with Gasteiger partial charge in [-0.2, -0.15) is 0 Å². The molecule has 0 radical (unpaired) electrons. The summed E-state index contributed by atoms with van der Waals surface area (Å²) in [6, 6.07) is 12.7. The Labute approximate surface area is 190 Å². The highest BCUT2D eigenvalue weighted by molar-refractivity contribution is 6.06. The van der Waals surface area contributed by atoms with E-state index in [9.17, 15) is 9.18 Å². The average Bonchev–Trinajstić information content (AvgIpc) is 3.18. The van der Waals surface area contributed by atoms with Crippen molar-refractivity contribution >= 4 is 28.9 Å². The minimum Gasteiger partial charge on any atom is -0.397 e. The zero-order chi connectivity index (χ0) is 23.5. The van der Waals surface area contributed by atoms with Gasteiger partial charge in [-0.15, -0.1) is 0 Å². The molecule has 168 valence electrons. The van der Waals surface area contributed by atoms with Gasteiger partial charge in [0.1, 0.15) is 11.6 Å². The zero-order valence-electron chi connectivity index (χ0n) is 18.5. The van der Waals surface area contributed by atoms with E-state index < -0.39 is 11.7 Å². The molecular formula is C24H24FN7O. The molecule has 2 aromatic carbocycles. The first-order valence-electron chi connectivity index (χ1n) is 10.4. The molecular weight excluding hydrogens is 421 g/mol. The average molecular weight is 446 g/mol. The number of nitrogens with one attached hydrogen (secondary N) is 2. The van der Waals surface area contributed by atoms with Crippen molar-refractivity contribution in [2.75, 3.05) is 16.4 Å². The summed E-state index contributed by atoms with van der Waals surface area (Å²) in [5, 5.41) is 5.77. The van der Waals surface area contributed by atoms with Crippen LogP contribution in [0.2, 0.25) is 0 Å². The Morgan fingerprint density at radius 1 is 1.12 bits per heavy atom. The summed E-state index contributed by atoms with van der Waals surface area (Å²) in [6.07, 6.45) is 3.46. The third-order valence-corrected chi connectivity index (χ3v) is 5.06. The van der Waals surface area contributed by atoms with Crippen molar-refractivity contribution in [3.63, 3.8) is 0 Å². The van der Waals surface area contributed by atoms with Crippen LogP contribution in [0.4, 0.5) is 27.4 Å². The first-order valence-corrected chi connectivity index (χ1v) is 10.4. The topological polar surface area (TPSA) is 111 Å². The monoisotopic (exact) mass is 445 g/mol. The number of nitrogens with two attached hydrogens (primary N) is 1. The lowest BCUT2D eigenvalue weighted by atomic mass is 10.1. The second-order valence-electron chi connectivity index (χ2n) is 7.81. The number of carbonyl (C=O) groups excluding carboxylic acids is 1. The van der Waals surface area contributed by atoms with Gasteiger partial charge in [-0.3, -0.25) is 4.79 Å². The first-order chi connectivity index (χ1) is 15.8. The van der Waals surface area contributed by atoms with Crippen molar-refractivity contribution in [1.82, 2.24) is 19.5 Å². The van der Waals surface area contributed by atoms with Crippen molar-refractivity contribution < 1.29 is 9.18 Å². The fourth-order valence-electron chi connectivity index (χ4n) is 3.55. The molecule has 1 amide bonds. The molecule has 0 unspecified atom stereocenters. The first kappa shape index (κ1) is 21.9. The van der Waals surface area contributed by atoms with Gasteiger partial charge in [0.15, 0.2) is 0 Å². The van der Waals surface area contributed by atoms with Gasteiger partial charge in [-0.05, 0) is 63.2 Å². The summed E-state index contributed by atoms with van der Waals surface area (Å²) in [4.78, 5) is 26.0. The smallest absolute Gasteiger partial charge is 0.255 e. The molecule has 0 aliphatic rings. The third-order valence-electron chi connectivity index (χ3n) is 5.06. The molecule has 0 aliphatic heterocycles. The lowest BCUT2D eigenvalue weighted by Gasteiger charge is -2.14. The lowest BCUT2D eigenvalue weighted by Crippen LogP contribution is -2.13. The van der Waals surface area contributed by atoms with E-state index in [1.54, 1.807) is 36.7 Å². The zero-order valence-corrected chi connectivity index (χ0v) is 18.5. The minimum absolute atomic E-state index is 0.214. The number of hydrogen-bond acceptors (Lipinski definition) is 6. The number of aryl methyl sites for hydroxylation is 1. The molecule has 9 heteroatoms. The maximum Gasteiger partial charge on any atom is 0.255 e. The Balaban J connectivity index is 1.55. The van der Waals surface area contributed by atoms with Crippen LogP contribution in [-0.2, 0) is 0 Å². The molecule has 4 rings (SSSR count). The summed E-state index contributed by atoms with van der Waals surface area (Å²) in [7, 11) is 0. The summed E-state index contributed by atoms with van der Waals surface area (Å²) in [5.74, 6) is 0.391.